The van der Waals surface area contributed by atoms with Crippen molar-refractivity contribution in [1.82, 2.24) is 5.32 Å². The van der Waals surface area contributed by atoms with Crippen molar-refractivity contribution in [2.75, 3.05) is 25.2 Å². The number of rotatable bonds is 8. The molecule has 0 spiro atoms. The van der Waals surface area contributed by atoms with E-state index in [0.29, 0.717) is 17.5 Å². The van der Waals surface area contributed by atoms with Crippen LogP contribution in [-0.4, -0.2) is 39.5 Å². The topological polar surface area (TPSA) is 98.5 Å². The minimum absolute atomic E-state index is 0.0324. The number of aryl methyl sites for hydroxylation is 1. The van der Waals surface area contributed by atoms with E-state index in [2.05, 4.69) is 5.32 Å². The normalized spacial score (nSPS) is 24.2. The molecule has 6 nitrogen and oxygen atoms in total. The largest absolute Gasteiger partial charge is 0.416 e. The summed E-state index contributed by atoms with van der Waals surface area (Å²) in [4.78, 5) is 12.3. The second kappa shape index (κ2) is 9.91. The van der Waals surface area contributed by atoms with Gasteiger partial charge in [0.15, 0.2) is 0 Å². The molecule has 3 rings (SSSR count). The van der Waals surface area contributed by atoms with Gasteiger partial charge in [-0.15, -0.1) is 0 Å². The Hall–Kier alpha value is -2.43. The van der Waals surface area contributed by atoms with Gasteiger partial charge in [0, 0.05) is 12.8 Å². The van der Waals surface area contributed by atoms with Gasteiger partial charge in [-0.05, 0) is 49.9 Å². The Morgan fingerprint density at radius 1 is 1.17 bits per heavy atom. The molecule has 0 aliphatic carbocycles. The van der Waals surface area contributed by atoms with Crippen LogP contribution in [0.5, 0.6) is 0 Å². The number of nitrogens with one attached hydrogen (secondary N) is 1. The number of carbonyl (C=O) groups is 1. The van der Waals surface area contributed by atoms with Crippen LogP contribution in [0.3, 0.4) is 0 Å². The smallest absolute Gasteiger partial charge is 0.372 e. The van der Waals surface area contributed by atoms with Crippen LogP contribution < -0.4 is 11.1 Å². The molecule has 1 fully saturated rings. The van der Waals surface area contributed by atoms with Crippen molar-refractivity contribution in [1.29, 1.82) is 0 Å². The number of nitrogens with two attached hydrogens (primary N) is 1. The predicted molar refractivity (Wildman–Crippen MR) is 127 cm³/mol. The van der Waals surface area contributed by atoms with Crippen LogP contribution in [-0.2, 0) is 31.1 Å². The van der Waals surface area contributed by atoms with E-state index >= 15 is 0 Å². The third-order valence-electron chi connectivity index (χ3n) is 6.66. The summed E-state index contributed by atoms with van der Waals surface area (Å²) < 4.78 is 70.0. The van der Waals surface area contributed by atoms with Crippen molar-refractivity contribution in [2.24, 2.45) is 11.1 Å². The lowest BCUT2D eigenvalue weighted by atomic mass is 9.72. The van der Waals surface area contributed by atoms with Gasteiger partial charge in [0.05, 0.1) is 35.0 Å². The number of hydrogen-bond acceptors (Lipinski definition) is 5. The molecule has 1 aliphatic heterocycles. The summed E-state index contributed by atoms with van der Waals surface area (Å²) in [5.74, 6) is -1.06. The van der Waals surface area contributed by atoms with Gasteiger partial charge in [-0.1, -0.05) is 42.0 Å². The molecule has 0 radical (unpaired) electrons. The first kappa shape index (κ1) is 27.2. The van der Waals surface area contributed by atoms with Crippen LogP contribution in [0.1, 0.15) is 48.1 Å². The second-order valence-electron chi connectivity index (χ2n) is 9.60. The Balaban J connectivity index is 1.87. The number of halogens is 3. The van der Waals surface area contributed by atoms with Crippen molar-refractivity contribution in [3.63, 3.8) is 0 Å². The van der Waals surface area contributed by atoms with Gasteiger partial charge >= 0.3 is 6.18 Å². The first-order valence-corrected chi connectivity index (χ1v) is 13.3. The molecule has 0 bridgehead atoms. The summed E-state index contributed by atoms with van der Waals surface area (Å²) >= 11 is 0. The van der Waals surface area contributed by atoms with Crippen LogP contribution in [0.15, 0.2) is 48.5 Å². The molecule has 2 aromatic rings. The Kier molecular flexibility index (Phi) is 7.69. The van der Waals surface area contributed by atoms with E-state index in [1.54, 1.807) is 19.9 Å². The maximum absolute atomic E-state index is 13.3. The molecular weight excluding hydrogens is 481 g/mol. The highest BCUT2D eigenvalue weighted by Gasteiger charge is 2.48. The molecule has 192 valence electrons. The lowest BCUT2D eigenvalue weighted by Gasteiger charge is -2.46. The van der Waals surface area contributed by atoms with Crippen LogP contribution in [0, 0.1) is 12.3 Å². The van der Waals surface area contributed by atoms with Crippen LogP contribution in [0.4, 0.5) is 13.2 Å². The lowest BCUT2D eigenvalue weighted by Crippen LogP contribution is -2.60. The molecule has 3 atom stereocenters. The van der Waals surface area contributed by atoms with E-state index in [9.17, 15) is 26.4 Å². The number of alkyl halides is 3. The molecular formula is C25H31F3N2O4S. The zero-order chi connectivity index (χ0) is 26.1. The number of benzene rings is 2. The van der Waals surface area contributed by atoms with E-state index in [1.807, 2.05) is 30.3 Å². The van der Waals surface area contributed by atoms with Gasteiger partial charge in [0.25, 0.3) is 0 Å². The lowest BCUT2D eigenvalue weighted by molar-refractivity contribution is -0.137. The standard InChI is InChI=1S/C25H31F3N2O4S/c1-17-11-19(13-21(12-17)25(26,27)28)18(2)34-15-24(20-7-5-4-6-8-20)10-9-23(14-30-24,22(29)31)16-35(3,32)33/h4-8,11-13,18,30H,9-10,14-16H2,1-3H3,(H2,29,31)/t18-,23-,24-/m1/s1. The number of ether oxygens (including phenoxy) is 1. The molecule has 0 aromatic heterocycles. The van der Waals surface area contributed by atoms with Crippen LogP contribution in [0.25, 0.3) is 0 Å². The summed E-state index contributed by atoms with van der Waals surface area (Å²) in [5.41, 5.74) is 4.62. The fourth-order valence-corrected chi connectivity index (χ4v) is 6.05. The van der Waals surface area contributed by atoms with E-state index in [0.717, 1.165) is 24.0 Å². The predicted octanol–water partition coefficient (Wildman–Crippen LogP) is 3.89. The second-order valence-corrected chi connectivity index (χ2v) is 11.7. The molecule has 35 heavy (non-hydrogen) atoms. The summed E-state index contributed by atoms with van der Waals surface area (Å²) in [5, 5.41) is 3.33. The van der Waals surface area contributed by atoms with E-state index in [1.165, 1.54) is 0 Å². The Labute approximate surface area is 204 Å². The third kappa shape index (κ3) is 6.42. The molecule has 1 amide bonds. The minimum atomic E-state index is -4.46. The van der Waals surface area contributed by atoms with Crippen molar-refractivity contribution in [3.8, 4) is 0 Å². The van der Waals surface area contributed by atoms with Gasteiger partial charge in [-0.2, -0.15) is 13.2 Å². The van der Waals surface area contributed by atoms with Gasteiger partial charge in [0.1, 0.15) is 9.84 Å². The fourth-order valence-electron chi connectivity index (χ4n) is 4.66. The number of sulfone groups is 1. The zero-order valence-electron chi connectivity index (χ0n) is 20.0. The average molecular weight is 513 g/mol. The van der Waals surface area contributed by atoms with E-state index in [-0.39, 0.29) is 25.3 Å². The van der Waals surface area contributed by atoms with Crippen molar-refractivity contribution in [2.45, 2.75) is 44.5 Å². The average Bonchev–Trinajstić information content (AvgIpc) is 2.77. The Bertz CT molecular complexity index is 1160. The molecule has 2 aromatic carbocycles. The summed E-state index contributed by atoms with van der Waals surface area (Å²) in [6.45, 7) is 3.42. The number of piperidine rings is 1. The van der Waals surface area contributed by atoms with Gasteiger partial charge in [-0.25, -0.2) is 8.42 Å². The molecule has 1 heterocycles. The quantitative estimate of drug-likeness (QED) is 0.559. The van der Waals surface area contributed by atoms with Crippen LogP contribution >= 0.6 is 0 Å². The molecule has 0 unspecified atom stereocenters. The number of primary amides is 1. The highest BCUT2D eigenvalue weighted by molar-refractivity contribution is 7.90. The molecule has 10 heteroatoms. The maximum Gasteiger partial charge on any atom is 0.416 e. The number of carbonyl (C=O) groups excluding carboxylic acids is 1. The number of hydrogen-bond donors (Lipinski definition) is 2. The van der Waals surface area contributed by atoms with Gasteiger partial charge < -0.3 is 15.8 Å². The van der Waals surface area contributed by atoms with Crippen molar-refractivity contribution < 1.29 is 31.1 Å². The summed E-state index contributed by atoms with van der Waals surface area (Å²) in [6, 6.07) is 13.2. The molecule has 1 aliphatic rings. The van der Waals surface area contributed by atoms with Gasteiger partial charge in [-0.3, -0.25) is 4.79 Å². The SMILES string of the molecule is Cc1cc([C@@H](C)OC[C@@]2(c3ccccc3)CC[C@@](CS(C)(=O)=O)(C(N)=O)CN2)cc(C(F)(F)F)c1. The van der Waals surface area contributed by atoms with Crippen molar-refractivity contribution >= 4 is 15.7 Å². The zero-order valence-corrected chi connectivity index (χ0v) is 20.8. The van der Waals surface area contributed by atoms with Crippen molar-refractivity contribution in [3.05, 3.63) is 70.8 Å². The molecule has 1 saturated heterocycles. The van der Waals surface area contributed by atoms with E-state index in [4.69, 9.17) is 10.5 Å². The summed E-state index contributed by atoms with van der Waals surface area (Å²) in [7, 11) is -3.48. The molecule has 0 saturated carbocycles. The monoisotopic (exact) mass is 512 g/mol. The minimum Gasteiger partial charge on any atom is -0.372 e. The first-order valence-electron chi connectivity index (χ1n) is 11.2. The summed E-state index contributed by atoms with van der Waals surface area (Å²) in [6.07, 6.45) is -3.47. The third-order valence-corrected chi connectivity index (χ3v) is 7.74. The Morgan fingerprint density at radius 2 is 1.83 bits per heavy atom. The van der Waals surface area contributed by atoms with E-state index < -0.39 is 44.5 Å². The first-order chi connectivity index (χ1) is 16.2. The van der Waals surface area contributed by atoms with Gasteiger partial charge in [0.2, 0.25) is 5.91 Å². The fraction of sp³-hybridized carbons (Fsp3) is 0.480. The maximum atomic E-state index is 13.3. The molecule has 3 N–H and O–H groups in total. The number of amides is 1. The highest BCUT2D eigenvalue weighted by Crippen LogP contribution is 2.40. The highest BCUT2D eigenvalue weighted by atomic mass is 32.2. The Morgan fingerprint density at radius 3 is 2.34 bits per heavy atom. The van der Waals surface area contributed by atoms with Crippen LogP contribution in [0.2, 0.25) is 0 Å².